The lowest BCUT2D eigenvalue weighted by atomic mass is 10.1. The number of thiazole rings is 1. The van der Waals surface area contributed by atoms with E-state index in [2.05, 4.69) is 31.3 Å². The smallest absolute Gasteiger partial charge is 0.309 e. The molecular formula is C25H17BrClN5O3S2. The number of benzene rings is 1. The maximum atomic E-state index is 13.4. The number of Topliss-reactive ketones (excluding diaryl/α,β-unsaturated/α-hetero) is 1. The topological polar surface area (TPSA) is 98.9 Å². The van der Waals surface area contributed by atoms with Gasteiger partial charge in [-0.25, -0.2) is 4.98 Å². The van der Waals surface area contributed by atoms with Crippen LogP contribution in [0.25, 0.3) is 11.3 Å². The first-order valence-electron chi connectivity index (χ1n) is 10.9. The second-order valence-corrected chi connectivity index (χ2v) is 11.4. The number of hydrogen-bond donors (Lipinski definition) is 1. The molecule has 0 amide bonds. The van der Waals surface area contributed by atoms with Crippen LogP contribution in [0, 0.1) is 0 Å². The van der Waals surface area contributed by atoms with Crippen molar-refractivity contribution >= 4 is 67.7 Å². The first-order chi connectivity index (χ1) is 17.9. The summed E-state index contributed by atoms with van der Waals surface area (Å²) in [5.74, 6) is -0.234. The molecule has 1 N–H and O–H groups in total. The summed E-state index contributed by atoms with van der Waals surface area (Å²) in [5.41, 5.74) is 0.622. The van der Waals surface area contributed by atoms with Crippen molar-refractivity contribution in [1.82, 2.24) is 19.3 Å². The van der Waals surface area contributed by atoms with Gasteiger partial charge in [0.2, 0.25) is 0 Å². The average Bonchev–Trinajstić information content (AvgIpc) is 3.66. The summed E-state index contributed by atoms with van der Waals surface area (Å²) in [4.78, 5) is 44.4. The molecule has 5 rings (SSSR count). The summed E-state index contributed by atoms with van der Waals surface area (Å²) in [5, 5.41) is 9.64. The number of rotatable bonds is 8. The minimum absolute atomic E-state index is 0.141. The fourth-order valence-corrected chi connectivity index (χ4v) is 5.67. The van der Waals surface area contributed by atoms with Gasteiger partial charge in [0.25, 0.3) is 5.56 Å². The molecule has 0 spiro atoms. The van der Waals surface area contributed by atoms with E-state index in [0.717, 1.165) is 4.88 Å². The monoisotopic (exact) mass is 613 g/mol. The maximum absolute atomic E-state index is 13.4. The van der Waals surface area contributed by atoms with Crippen LogP contribution in [-0.4, -0.2) is 31.0 Å². The molecule has 8 nitrogen and oxygen atoms in total. The summed E-state index contributed by atoms with van der Waals surface area (Å²) >= 11 is 12.1. The van der Waals surface area contributed by atoms with E-state index in [1.807, 2.05) is 12.1 Å². The van der Waals surface area contributed by atoms with Crippen LogP contribution in [-0.2, 0) is 13.1 Å². The predicted molar refractivity (Wildman–Crippen MR) is 149 cm³/mol. The molecule has 0 bridgehead atoms. The summed E-state index contributed by atoms with van der Waals surface area (Å²) in [6.07, 6.45) is 3.10. The van der Waals surface area contributed by atoms with Gasteiger partial charge in [-0.3, -0.25) is 14.4 Å². The van der Waals surface area contributed by atoms with Crippen LogP contribution in [0.2, 0.25) is 4.34 Å². The number of carbonyl (C=O) groups excluding carboxylic acids is 2. The first kappa shape index (κ1) is 25.3. The Balaban J connectivity index is 1.51. The molecule has 0 saturated heterocycles. The second-order valence-electron chi connectivity index (χ2n) is 7.82. The van der Waals surface area contributed by atoms with Gasteiger partial charge < -0.3 is 9.88 Å². The van der Waals surface area contributed by atoms with Gasteiger partial charge in [0.1, 0.15) is 11.5 Å². The van der Waals surface area contributed by atoms with Crippen molar-refractivity contribution in [3.8, 4) is 11.3 Å². The van der Waals surface area contributed by atoms with Gasteiger partial charge >= 0.3 is 5.91 Å². The van der Waals surface area contributed by atoms with Crippen LogP contribution in [0.3, 0.4) is 0 Å². The van der Waals surface area contributed by atoms with E-state index in [9.17, 15) is 14.4 Å². The molecule has 0 radical (unpaired) electrons. The second kappa shape index (κ2) is 10.9. The molecule has 0 atom stereocenters. The quantitative estimate of drug-likeness (QED) is 0.221. The Bertz CT molecular complexity index is 1640. The highest BCUT2D eigenvalue weighted by atomic mass is 79.9. The lowest BCUT2D eigenvalue weighted by Crippen LogP contribution is -2.25. The Kier molecular flexibility index (Phi) is 7.47. The summed E-state index contributed by atoms with van der Waals surface area (Å²) < 4.78 is 3.77. The SMILES string of the molecule is O=C(Cn1cc(Br)cc(-c2cc(NCc3ccc(Cl)s3)n(C(=O)c3nccs3)n2)c1=O)c1ccccc1. The van der Waals surface area contributed by atoms with Crippen molar-refractivity contribution in [3.63, 3.8) is 0 Å². The van der Waals surface area contributed by atoms with Gasteiger partial charge in [-0.2, -0.15) is 9.78 Å². The fraction of sp³-hybridized carbons (Fsp3) is 0.0800. The number of nitrogens with one attached hydrogen (secondary N) is 1. The third-order valence-corrected chi connectivity index (χ3v) is 7.75. The molecule has 0 saturated carbocycles. The van der Waals surface area contributed by atoms with Crippen molar-refractivity contribution in [1.29, 1.82) is 0 Å². The Hall–Kier alpha value is -3.38. The highest BCUT2D eigenvalue weighted by molar-refractivity contribution is 9.10. The fourth-order valence-electron chi connectivity index (χ4n) is 3.61. The minimum atomic E-state index is -0.428. The summed E-state index contributed by atoms with van der Waals surface area (Å²) in [7, 11) is 0. The van der Waals surface area contributed by atoms with E-state index < -0.39 is 11.5 Å². The van der Waals surface area contributed by atoms with Gasteiger partial charge in [-0.05, 0) is 34.1 Å². The molecule has 1 aromatic carbocycles. The van der Waals surface area contributed by atoms with Crippen molar-refractivity contribution in [2.75, 3.05) is 5.32 Å². The number of pyridine rings is 1. The molecule has 186 valence electrons. The standard InChI is InChI=1S/C25H17BrClN5O3S2/c26-16-10-18(24(34)31(13-16)14-20(33)15-4-2-1-3-5-15)19-11-22(29-12-17-6-7-21(27)37-17)32(30-19)25(35)23-28-8-9-36-23/h1-11,13,29H,12,14H2. The number of aromatic nitrogens is 4. The molecule has 0 aliphatic rings. The molecular weight excluding hydrogens is 598 g/mol. The van der Waals surface area contributed by atoms with Gasteiger partial charge in [0, 0.05) is 38.8 Å². The Labute approximate surface area is 232 Å². The van der Waals surface area contributed by atoms with E-state index in [1.54, 1.807) is 60.2 Å². The van der Waals surface area contributed by atoms with E-state index >= 15 is 0 Å². The normalized spacial score (nSPS) is 11.0. The van der Waals surface area contributed by atoms with Crippen molar-refractivity contribution in [2.45, 2.75) is 13.1 Å². The highest BCUT2D eigenvalue weighted by Gasteiger charge is 2.21. The van der Waals surface area contributed by atoms with Crippen LogP contribution < -0.4 is 10.9 Å². The molecule has 0 aliphatic carbocycles. The van der Waals surface area contributed by atoms with E-state index in [1.165, 1.54) is 31.9 Å². The van der Waals surface area contributed by atoms with Crippen molar-refractivity contribution < 1.29 is 9.59 Å². The maximum Gasteiger partial charge on any atom is 0.309 e. The lowest BCUT2D eigenvalue weighted by molar-refractivity contribution is 0.0945. The molecule has 12 heteroatoms. The third kappa shape index (κ3) is 5.64. The molecule has 0 aliphatic heterocycles. The first-order valence-corrected chi connectivity index (χ1v) is 13.8. The highest BCUT2D eigenvalue weighted by Crippen LogP contribution is 2.26. The average molecular weight is 615 g/mol. The number of halogens is 2. The minimum Gasteiger partial charge on any atom is -0.365 e. The Morgan fingerprint density at radius 3 is 2.62 bits per heavy atom. The largest absolute Gasteiger partial charge is 0.365 e. The van der Waals surface area contributed by atoms with Gasteiger partial charge in [0.05, 0.1) is 23.0 Å². The molecule has 37 heavy (non-hydrogen) atoms. The van der Waals surface area contributed by atoms with Crippen LogP contribution in [0.15, 0.2) is 81.6 Å². The Morgan fingerprint density at radius 1 is 1.11 bits per heavy atom. The number of ketones is 1. The van der Waals surface area contributed by atoms with Crippen molar-refractivity contribution in [2.24, 2.45) is 0 Å². The summed E-state index contributed by atoms with van der Waals surface area (Å²) in [6.45, 7) is 0.264. The molecule has 0 fully saturated rings. The van der Waals surface area contributed by atoms with E-state index in [-0.39, 0.29) is 28.6 Å². The van der Waals surface area contributed by atoms with Gasteiger partial charge in [-0.15, -0.1) is 22.7 Å². The lowest BCUT2D eigenvalue weighted by Gasteiger charge is -2.08. The number of carbonyl (C=O) groups is 2. The zero-order chi connectivity index (χ0) is 25.9. The number of hydrogen-bond acceptors (Lipinski definition) is 8. The number of anilines is 1. The number of thiophene rings is 1. The zero-order valence-electron chi connectivity index (χ0n) is 18.9. The molecule has 0 unspecified atom stereocenters. The van der Waals surface area contributed by atoms with Crippen LogP contribution >= 0.6 is 50.2 Å². The van der Waals surface area contributed by atoms with E-state index in [0.29, 0.717) is 26.7 Å². The third-order valence-electron chi connectivity index (χ3n) is 5.33. The zero-order valence-corrected chi connectivity index (χ0v) is 22.9. The molecule has 4 heterocycles. The molecule has 5 aromatic rings. The number of nitrogens with zero attached hydrogens (tertiary/aromatic N) is 4. The molecule has 4 aromatic heterocycles. The Morgan fingerprint density at radius 2 is 1.92 bits per heavy atom. The van der Waals surface area contributed by atoms with Crippen LogP contribution in [0.5, 0.6) is 0 Å². The van der Waals surface area contributed by atoms with Crippen LogP contribution in [0.4, 0.5) is 5.82 Å². The van der Waals surface area contributed by atoms with E-state index in [4.69, 9.17) is 11.6 Å². The van der Waals surface area contributed by atoms with Crippen molar-refractivity contribution in [3.05, 3.63) is 107 Å². The van der Waals surface area contributed by atoms with Gasteiger partial charge in [0.15, 0.2) is 10.8 Å². The van der Waals surface area contributed by atoms with Crippen LogP contribution in [0.1, 0.15) is 25.0 Å². The predicted octanol–water partition coefficient (Wildman–Crippen LogP) is 5.83. The van der Waals surface area contributed by atoms with Gasteiger partial charge in [-0.1, -0.05) is 41.9 Å². The summed E-state index contributed by atoms with van der Waals surface area (Å²) in [6, 6.07) is 15.7.